The Morgan fingerprint density at radius 1 is 1.26 bits per heavy atom. The summed E-state index contributed by atoms with van der Waals surface area (Å²) in [5.41, 5.74) is 1.64. The van der Waals surface area contributed by atoms with Crippen LogP contribution in [0.4, 0.5) is 5.69 Å². The third-order valence-electron chi connectivity index (χ3n) is 5.23. The molecule has 0 N–H and O–H groups in total. The molecule has 2 saturated heterocycles. The maximum atomic E-state index is 12.7. The summed E-state index contributed by atoms with van der Waals surface area (Å²) < 4.78 is 11.0. The number of hydrogen-bond acceptors (Lipinski definition) is 5. The second-order valence-electron chi connectivity index (χ2n) is 7.19. The number of piperidine rings is 1. The van der Waals surface area contributed by atoms with E-state index in [9.17, 15) is 9.59 Å². The predicted octanol–water partition coefficient (Wildman–Crippen LogP) is 1.81. The molecule has 142 valence electrons. The van der Waals surface area contributed by atoms with Crippen LogP contribution >= 0.6 is 0 Å². The number of ether oxygens (including phenoxy) is 1. The summed E-state index contributed by atoms with van der Waals surface area (Å²) >= 11 is 0. The molecular formula is C20H23N3O4. The molecule has 0 unspecified atom stereocenters. The molecule has 0 radical (unpaired) electrons. The highest BCUT2D eigenvalue weighted by Gasteiger charge is 2.37. The van der Waals surface area contributed by atoms with Crippen LogP contribution < -0.4 is 4.90 Å². The molecule has 0 bridgehead atoms. The third kappa shape index (κ3) is 3.88. The molecule has 7 heteroatoms. The molecule has 1 aromatic carbocycles. The highest BCUT2D eigenvalue weighted by molar-refractivity contribution is 5.94. The molecule has 3 heterocycles. The number of anilines is 1. The predicted molar refractivity (Wildman–Crippen MR) is 98.2 cm³/mol. The number of nitrogens with zero attached hydrogens (tertiary/aromatic N) is 3. The van der Waals surface area contributed by atoms with Crippen molar-refractivity contribution in [2.24, 2.45) is 5.92 Å². The Labute approximate surface area is 157 Å². The average molecular weight is 369 g/mol. The SMILES string of the molecule is Cc1cc(CC(=O)N2CC[C@@H]3OCC(=O)N(c4ccccc4)C[C@H]3C2)on1. The van der Waals surface area contributed by atoms with E-state index < -0.39 is 0 Å². The second-order valence-corrected chi connectivity index (χ2v) is 7.19. The Kier molecular flexibility index (Phi) is 4.94. The first-order chi connectivity index (χ1) is 13.1. The summed E-state index contributed by atoms with van der Waals surface area (Å²) in [6, 6.07) is 11.4. The number of carbonyl (C=O) groups is 2. The van der Waals surface area contributed by atoms with E-state index in [2.05, 4.69) is 5.16 Å². The molecule has 2 aliphatic heterocycles. The van der Waals surface area contributed by atoms with Gasteiger partial charge in [-0.3, -0.25) is 9.59 Å². The van der Waals surface area contributed by atoms with Crippen molar-refractivity contribution in [2.45, 2.75) is 25.9 Å². The largest absolute Gasteiger partial charge is 0.368 e. The minimum atomic E-state index is -0.0365. The average Bonchev–Trinajstić information content (AvgIpc) is 3.01. The van der Waals surface area contributed by atoms with Crippen molar-refractivity contribution < 1.29 is 18.8 Å². The van der Waals surface area contributed by atoms with Crippen molar-refractivity contribution in [3.05, 3.63) is 47.9 Å². The monoisotopic (exact) mass is 369 g/mol. The van der Waals surface area contributed by atoms with Crippen molar-refractivity contribution in [2.75, 3.05) is 31.1 Å². The van der Waals surface area contributed by atoms with Gasteiger partial charge in [0.25, 0.3) is 5.91 Å². The fraction of sp³-hybridized carbons (Fsp3) is 0.450. The van der Waals surface area contributed by atoms with Crippen molar-refractivity contribution in [1.82, 2.24) is 10.1 Å². The number of rotatable bonds is 3. The van der Waals surface area contributed by atoms with Gasteiger partial charge < -0.3 is 19.1 Å². The van der Waals surface area contributed by atoms with Crippen LogP contribution in [0.2, 0.25) is 0 Å². The van der Waals surface area contributed by atoms with Gasteiger partial charge in [0.2, 0.25) is 5.91 Å². The van der Waals surface area contributed by atoms with E-state index in [4.69, 9.17) is 9.26 Å². The summed E-state index contributed by atoms with van der Waals surface area (Å²) in [6.45, 7) is 3.68. The Morgan fingerprint density at radius 2 is 2.07 bits per heavy atom. The van der Waals surface area contributed by atoms with E-state index in [-0.39, 0.29) is 36.9 Å². The molecule has 2 amide bonds. The molecule has 2 aromatic rings. The van der Waals surface area contributed by atoms with Crippen LogP contribution in [0.15, 0.2) is 40.9 Å². The molecule has 2 fully saturated rings. The summed E-state index contributed by atoms with van der Waals surface area (Å²) in [5.74, 6) is 0.653. The first kappa shape index (κ1) is 17.7. The van der Waals surface area contributed by atoms with E-state index in [1.165, 1.54) is 0 Å². The highest BCUT2D eigenvalue weighted by Crippen LogP contribution is 2.27. The fourth-order valence-electron chi connectivity index (χ4n) is 3.84. The lowest BCUT2D eigenvalue weighted by Gasteiger charge is -2.38. The summed E-state index contributed by atoms with van der Waals surface area (Å²) in [5, 5.41) is 3.83. The zero-order chi connectivity index (χ0) is 18.8. The van der Waals surface area contributed by atoms with Crippen LogP contribution in [0, 0.1) is 12.8 Å². The van der Waals surface area contributed by atoms with Crippen molar-refractivity contribution in [1.29, 1.82) is 0 Å². The number of aromatic nitrogens is 1. The Balaban J connectivity index is 1.46. The zero-order valence-corrected chi connectivity index (χ0v) is 15.3. The minimum absolute atomic E-state index is 0.000707. The van der Waals surface area contributed by atoms with Crippen molar-refractivity contribution in [3.63, 3.8) is 0 Å². The number of hydrogen-bond donors (Lipinski definition) is 0. The van der Waals surface area contributed by atoms with Gasteiger partial charge in [0, 0.05) is 37.3 Å². The summed E-state index contributed by atoms with van der Waals surface area (Å²) in [7, 11) is 0. The molecule has 1 aromatic heterocycles. The standard InChI is InChI=1S/C20H23N3O4/c1-14-9-17(27-21-14)10-19(24)22-8-7-18-15(11-22)12-23(20(25)13-26-18)16-5-3-2-4-6-16/h2-6,9,15,18H,7-8,10-13H2,1H3/t15-,18+/m1/s1. The number of likely N-dealkylation sites (tertiary alicyclic amines) is 1. The topological polar surface area (TPSA) is 75.9 Å². The number of fused-ring (bicyclic) bond motifs is 1. The second kappa shape index (κ2) is 7.52. The smallest absolute Gasteiger partial charge is 0.252 e. The lowest BCUT2D eigenvalue weighted by Crippen LogP contribution is -2.49. The quantitative estimate of drug-likeness (QED) is 0.825. The Hall–Kier alpha value is -2.67. The van der Waals surface area contributed by atoms with Crippen LogP contribution in [0.5, 0.6) is 0 Å². The lowest BCUT2D eigenvalue weighted by molar-refractivity contribution is -0.136. The van der Waals surface area contributed by atoms with Gasteiger partial charge in [0.05, 0.1) is 18.2 Å². The minimum Gasteiger partial charge on any atom is -0.368 e. The number of aryl methyl sites for hydroxylation is 1. The van der Waals surface area contributed by atoms with Gasteiger partial charge in [-0.05, 0) is 25.5 Å². The van der Waals surface area contributed by atoms with E-state index in [1.807, 2.05) is 42.2 Å². The van der Waals surface area contributed by atoms with Crippen LogP contribution in [-0.4, -0.2) is 54.2 Å². The van der Waals surface area contributed by atoms with E-state index in [1.54, 1.807) is 11.0 Å². The molecule has 7 nitrogen and oxygen atoms in total. The molecule has 4 rings (SSSR count). The van der Waals surface area contributed by atoms with Crippen LogP contribution in [0.3, 0.4) is 0 Å². The molecule has 0 spiro atoms. The molecule has 2 atom stereocenters. The molecule has 27 heavy (non-hydrogen) atoms. The first-order valence-corrected chi connectivity index (χ1v) is 9.27. The lowest BCUT2D eigenvalue weighted by atomic mass is 9.93. The van der Waals surface area contributed by atoms with Gasteiger partial charge in [0.15, 0.2) is 0 Å². The molecular weight excluding hydrogens is 346 g/mol. The third-order valence-corrected chi connectivity index (χ3v) is 5.23. The normalized spacial score (nSPS) is 23.1. The van der Waals surface area contributed by atoms with Gasteiger partial charge in [-0.1, -0.05) is 23.4 Å². The van der Waals surface area contributed by atoms with E-state index in [0.29, 0.717) is 25.4 Å². The maximum Gasteiger partial charge on any atom is 0.252 e. The number of carbonyl (C=O) groups excluding carboxylic acids is 2. The van der Waals surface area contributed by atoms with E-state index in [0.717, 1.165) is 17.8 Å². The summed E-state index contributed by atoms with van der Waals surface area (Å²) in [4.78, 5) is 28.8. The van der Waals surface area contributed by atoms with Crippen LogP contribution in [-0.2, 0) is 20.7 Å². The van der Waals surface area contributed by atoms with Crippen LogP contribution in [0.25, 0.3) is 0 Å². The van der Waals surface area contributed by atoms with Crippen molar-refractivity contribution >= 4 is 17.5 Å². The zero-order valence-electron chi connectivity index (χ0n) is 15.3. The first-order valence-electron chi connectivity index (χ1n) is 9.27. The van der Waals surface area contributed by atoms with E-state index >= 15 is 0 Å². The Bertz CT molecular complexity index is 820. The van der Waals surface area contributed by atoms with Crippen LogP contribution in [0.1, 0.15) is 17.9 Å². The molecule has 0 aliphatic carbocycles. The van der Waals surface area contributed by atoms with Gasteiger partial charge in [-0.2, -0.15) is 0 Å². The molecule has 0 saturated carbocycles. The molecule has 2 aliphatic rings. The fourth-order valence-corrected chi connectivity index (χ4v) is 3.84. The number of amides is 2. The maximum absolute atomic E-state index is 12.7. The van der Waals surface area contributed by atoms with Gasteiger partial charge in [0.1, 0.15) is 12.4 Å². The summed E-state index contributed by atoms with van der Waals surface area (Å²) in [6.07, 6.45) is 0.946. The van der Waals surface area contributed by atoms with Gasteiger partial charge in [-0.15, -0.1) is 0 Å². The van der Waals surface area contributed by atoms with Gasteiger partial charge >= 0.3 is 0 Å². The Morgan fingerprint density at radius 3 is 2.81 bits per heavy atom. The highest BCUT2D eigenvalue weighted by atomic mass is 16.5. The number of para-hydroxylation sites is 1. The number of benzene rings is 1. The van der Waals surface area contributed by atoms with Gasteiger partial charge in [-0.25, -0.2) is 0 Å². The van der Waals surface area contributed by atoms with Crippen molar-refractivity contribution in [3.8, 4) is 0 Å².